The molecule has 3 rings (SSSR count). The van der Waals surface area contributed by atoms with Crippen molar-refractivity contribution >= 4 is 66.5 Å². The van der Waals surface area contributed by atoms with Gasteiger partial charge in [0.2, 0.25) is 0 Å². The molecule has 128 valence electrons. The summed E-state index contributed by atoms with van der Waals surface area (Å²) in [6, 6.07) is 10.3. The number of nitrogens with zero attached hydrogens (tertiary/aromatic N) is 1. The summed E-state index contributed by atoms with van der Waals surface area (Å²) in [6.45, 7) is 0. The molecule has 1 aliphatic heterocycles. The van der Waals surface area contributed by atoms with E-state index in [2.05, 4.69) is 31.9 Å². The number of amides is 2. The number of para-hydroxylation sites is 1. The number of halogens is 2. The predicted octanol–water partition coefficient (Wildman–Crippen LogP) is 5.17. The van der Waals surface area contributed by atoms with Crippen molar-refractivity contribution in [3.05, 3.63) is 55.8 Å². The normalized spacial score (nSPS) is 16.0. The standard InChI is InChI=1S/C17H11Br2NO4S/c1-24-12-8-11(18)14(19)10(15(12)21)7-13-16(22)20(17(23)25-13)9-5-3-2-4-6-9/h2-8,21H,1H3. The Bertz CT molecular complexity index is 899. The van der Waals surface area contributed by atoms with Crippen LogP contribution in [0, 0.1) is 0 Å². The zero-order chi connectivity index (χ0) is 18.1. The number of hydrogen-bond donors (Lipinski definition) is 1. The summed E-state index contributed by atoms with van der Waals surface area (Å²) in [6.07, 6.45) is 1.47. The summed E-state index contributed by atoms with van der Waals surface area (Å²) in [4.78, 5) is 26.2. The lowest BCUT2D eigenvalue weighted by atomic mass is 10.1. The van der Waals surface area contributed by atoms with Crippen LogP contribution in [0.2, 0.25) is 0 Å². The van der Waals surface area contributed by atoms with Crippen molar-refractivity contribution < 1.29 is 19.4 Å². The number of anilines is 1. The average Bonchev–Trinajstić information content (AvgIpc) is 2.89. The van der Waals surface area contributed by atoms with Gasteiger partial charge in [0.05, 0.1) is 17.7 Å². The molecule has 0 spiro atoms. The minimum absolute atomic E-state index is 0.121. The van der Waals surface area contributed by atoms with Gasteiger partial charge in [0.1, 0.15) is 0 Å². The Kier molecular flexibility index (Phi) is 5.21. The molecule has 0 atom stereocenters. The summed E-state index contributed by atoms with van der Waals surface area (Å²) in [5, 5.41) is 9.96. The molecule has 0 aromatic heterocycles. The molecule has 2 aromatic rings. The van der Waals surface area contributed by atoms with Crippen LogP contribution in [0.1, 0.15) is 5.56 Å². The molecule has 0 bridgehead atoms. The summed E-state index contributed by atoms with van der Waals surface area (Å²) >= 11 is 7.55. The topological polar surface area (TPSA) is 66.8 Å². The highest BCUT2D eigenvalue weighted by Crippen LogP contribution is 2.44. The lowest BCUT2D eigenvalue weighted by molar-refractivity contribution is -0.113. The van der Waals surface area contributed by atoms with Crippen molar-refractivity contribution in [1.29, 1.82) is 0 Å². The van der Waals surface area contributed by atoms with E-state index in [-0.39, 0.29) is 21.6 Å². The van der Waals surface area contributed by atoms with Crippen LogP contribution in [-0.4, -0.2) is 23.4 Å². The molecule has 0 unspecified atom stereocenters. The molecule has 0 radical (unpaired) electrons. The maximum atomic E-state index is 12.7. The molecule has 0 saturated carbocycles. The van der Waals surface area contributed by atoms with E-state index in [1.165, 1.54) is 13.2 Å². The number of phenols is 1. The molecule has 1 saturated heterocycles. The highest BCUT2D eigenvalue weighted by molar-refractivity contribution is 9.13. The highest BCUT2D eigenvalue weighted by Gasteiger charge is 2.36. The Hall–Kier alpha value is -1.77. The number of rotatable bonds is 3. The van der Waals surface area contributed by atoms with Gasteiger partial charge < -0.3 is 9.84 Å². The van der Waals surface area contributed by atoms with Crippen molar-refractivity contribution in [2.75, 3.05) is 12.0 Å². The van der Waals surface area contributed by atoms with Gasteiger partial charge in [0, 0.05) is 14.5 Å². The van der Waals surface area contributed by atoms with Crippen molar-refractivity contribution in [1.82, 2.24) is 0 Å². The second kappa shape index (κ2) is 7.23. The number of methoxy groups -OCH3 is 1. The Labute approximate surface area is 164 Å². The van der Waals surface area contributed by atoms with Crippen LogP contribution in [0.4, 0.5) is 10.5 Å². The van der Waals surface area contributed by atoms with Crippen LogP contribution < -0.4 is 9.64 Å². The third-order valence-corrected chi connectivity index (χ3v) is 6.38. The van der Waals surface area contributed by atoms with E-state index in [1.54, 1.807) is 36.4 Å². The van der Waals surface area contributed by atoms with Crippen LogP contribution in [0.25, 0.3) is 6.08 Å². The molecule has 5 nitrogen and oxygen atoms in total. The van der Waals surface area contributed by atoms with Gasteiger partial charge in [0.15, 0.2) is 11.5 Å². The van der Waals surface area contributed by atoms with Gasteiger partial charge in [-0.05, 0) is 67.9 Å². The molecular weight excluding hydrogens is 474 g/mol. The molecule has 0 aliphatic carbocycles. The van der Waals surface area contributed by atoms with E-state index in [0.29, 0.717) is 20.2 Å². The summed E-state index contributed by atoms with van der Waals surface area (Å²) < 4.78 is 6.33. The summed E-state index contributed by atoms with van der Waals surface area (Å²) in [7, 11) is 1.43. The first-order valence-electron chi connectivity index (χ1n) is 7.02. The number of thioether (sulfide) groups is 1. The van der Waals surface area contributed by atoms with E-state index in [4.69, 9.17) is 4.74 Å². The number of carbonyl (C=O) groups excluding carboxylic acids is 2. The van der Waals surface area contributed by atoms with Crippen molar-refractivity contribution in [3.8, 4) is 11.5 Å². The van der Waals surface area contributed by atoms with Crippen molar-refractivity contribution in [2.24, 2.45) is 0 Å². The van der Waals surface area contributed by atoms with E-state index < -0.39 is 5.91 Å². The van der Waals surface area contributed by atoms with Crippen molar-refractivity contribution in [2.45, 2.75) is 0 Å². The minimum Gasteiger partial charge on any atom is -0.504 e. The first-order chi connectivity index (χ1) is 11.9. The largest absolute Gasteiger partial charge is 0.504 e. The number of hydrogen-bond acceptors (Lipinski definition) is 5. The second-order valence-electron chi connectivity index (χ2n) is 4.99. The van der Waals surface area contributed by atoms with Crippen LogP contribution in [-0.2, 0) is 4.79 Å². The third kappa shape index (κ3) is 3.33. The number of benzene rings is 2. The van der Waals surface area contributed by atoms with Crippen LogP contribution in [0.15, 0.2) is 50.2 Å². The fourth-order valence-corrected chi connectivity index (χ4v) is 3.96. The van der Waals surface area contributed by atoms with Gasteiger partial charge >= 0.3 is 0 Å². The van der Waals surface area contributed by atoms with E-state index in [0.717, 1.165) is 16.7 Å². The molecule has 1 heterocycles. The zero-order valence-electron chi connectivity index (χ0n) is 12.8. The minimum atomic E-state index is -0.438. The average molecular weight is 485 g/mol. The van der Waals surface area contributed by atoms with Crippen LogP contribution in [0.3, 0.4) is 0 Å². The number of phenolic OH excluding ortho intramolecular Hbond substituents is 1. The monoisotopic (exact) mass is 483 g/mol. The molecule has 8 heteroatoms. The predicted molar refractivity (Wildman–Crippen MR) is 105 cm³/mol. The Morgan fingerprint density at radius 2 is 1.88 bits per heavy atom. The zero-order valence-corrected chi connectivity index (χ0v) is 16.8. The lowest BCUT2D eigenvalue weighted by Crippen LogP contribution is -2.27. The molecule has 25 heavy (non-hydrogen) atoms. The molecule has 2 amide bonds. The van der Waals surface area contributed by atoms with Gasteiger partial charge in [0.25, 0.3) is 11.1 Å². The van der Waals surface area contributed by atoms with E-state index >= 15 is 0 Å². The van der Waals surface area contributed by atoms with E-state index in [9.17, 15) is 14.7 Å². The SMILES string of the molecule is COc1cc(Br)c(Br)c(C=C2SC(=O)N(c3ccccc3)C2=O)c1O. The first kappa shape index (κ1) is 18.0. The second-order valence-corrected chi connectivity index (χ2v) is 7.63. The molecule has 1 N–H and O–H groups in total. The number of ether oxygens (including phenoxy) is 1. The van der Waals surface area contributed by atoms with Crippen LogP contribution in [0.5, 0.6) is 11.5 Å². The Morgan fingerprint density at radius 1 is 1.20 bits per heavy atom. The van der Waals surface area contributed by atoms with Gasteiger partial charge in [-0.3, -0.25) is 9.59 Å². The molecule has 2 aromatic carbocycles. The number of aromatic hydroxyl groups is 1. The third-order valence-electron chi connectivity index (χ3n) is 3.50. The molecule has 1 fully saturated rings. The summed E-state index contributed by atoms with van der Waals surface area (Å²) in [5.74, 6) is -0.306. The fourth-order valence-electron chi connectivity index (χ4n) is 2.30. The quantitative estimate of drug-likeness (QED) is 0.609. The highest BCUT2D eigenvalue weighted by atomic mass is 79.9. The fraction of sp³-hybridized carbons (Fsp3) is 0.0588. The Balaban J connectivity index is 2.05. The maximum absolute atomic E-state index is 12.7. The smallest absolute Gasteiger partial charge is 0.298 e. The number of imide groups is 1. The Morgan fingerprint density at radius 3 is 2.52 bits per heavy atom. The molecule has 1 aliphatic rings. The van der Waals surface area contributed by atoms with E-state index in [1.807, 2.05) is 0 Å². The molecular formula is C17H11Br2NO4S. The van der Waals surface area contributed by atoms with Gasteiger partial charge in [-0.15, -0.1) is 0 Å². The summed E-state index contributed by atoms with van der Waals surface area (Å²) in [5.41, 5.74) is 0.855. The first-order valence-corrected chi connectivity index (χ1v) is 9.42. The number of carbonyl (C=O) groups is 2. The van der Waals surface area contributed by atoms with Crippen LogP contribution >= 0.6 is 43.6 Å². The maximum Gasteiger partial charge on any atom is 0.298 e. The van der Waals surface area contributed by atoms with Crippen molar-refractivity contribution in [3.63, 3.8) is 0 Å². The van der Waals surface area contributed by atoms with Gasteiger partial charge in [-0.1, -0.05) is 18.2 Å². The van der Waals surface area contributed by atoms with Gasteiger partial charge in [-0.2, -0.15) is 0 Å². The lowest BCUT2D eigenvalue weighted by Gasteiger charge is -2.12. The van der Waals surface area contributed by atoms with Gasteiger partial charge in [-0.25, -0.2) is 4.90 Å².